The Kier molecular flexibility index (Phi) is 3.28. The molecule has 0 aromatic rings. The SMILES string of the molecule is CCCCCC1=C(C)C2CCC1CC2=O. The van der Waals surface area contributed by atoms with Crippen LogP contribution in [0, 0.1) is 11.8 Å². The molecular weight excluding hydrogens is 184 g/mol. The van der Waals surface area contributed by atoms with E-state index in [0.717, 1.165) is 12.8 Å². The standard InChI is InChI=1S/C14H22O/c1-3-4-5-6-12-10(2)13-8-7-11(12)9-14(13)15/h11,13H,3-9H2,1-2H3. The molecule has 2 bridgehead atoms. The van der Waals surface area contributed by atoms with Gasteiger partial charge in [0.1, 0.15) is 5.78 Å². The first-order chi connectivity index (χ1) is 7.24. The van der Waals surface area contributed by atoms with Crippen LogP contribution in [0.1, 0.15) is 58.8 Å². The number of hydrogen-bond acceptors (Lipinski definition) is 1. The van der Waals surface area contributed by atoms with E-state index in [-0.39, 0.29) is 0 Å². The lowest BCUT2D eigenvalue weighted by Crippen LogP contribution is -2.33. The number of unbranched alkanes of at least 4 members (excludes halogenated alkanes) is 2. The van der Waals surface area contributed by atoms with Crippen molar-refractivity contribution in [1.29, 1.82) is 0 Å². The quantitative estimate of drug-likeness (QED) is 0.504. The molecule has 84 valence electrons. The summed E-state index contributed by atoms with van der Waals surface area (Å²) in [7, 11) is 0. The van der Waals surface area contributed by atoms with Crippen molar-refractivity contribution < 1.29 is 4.79 Å². The summed E-state index contributed by atoms with van der Waals surface area (Å²) < 4.78 is 0. The lowest BCUT2D eigenvalue weighted by molar-refractivity contribution is -0.125. The summed E-state index contributed by atoms with van der Waals surface area (Å²) in [6.07, 6.45) is 8.46. The molecule has 3 aliphatic carbocycles. The van der Waals surface area contributed by atoms with Crippen LogP contribution >= 0.6 is 0 Å². The lowest BCUT2D eigenvalue weighted by Gasteiger charge is -2.38. The molecule has 0 spiro atoms. The number of carbonyl (C=O) groups excluding carboxylic acids is 1. The normalized spacial score (nSPS) is 30.1. The minimum Gasteiger partial charge on any atom is -0.299 e. The van der Waals surface area contributed by atoms with E-state index in [9.17, 15) is 4.79 Å². The van der Waals surface area contributed by atoms with Crippen molar-refractivity contribution in [2.75, 3.05) is 0 Å². The van der Waals surface area contributed by atoms with Crippen LogP contribution in [0.4, 0.5) is 0 Å². The van der Waals surface area contributed by atoms with E-state index in [1.54, 1.807) is 5.57 Å². The molecule has 0 saturated heterocycles. The smallest absolute Gasteiger partial charge is 0.140 e. The highest BCUT2D eigenvalue weighted by Gasteiger charge is 2.37. The zero-order valence-corrected chi connectivity index (χ0v) is 10.0. The van der Waals surface area contributed by atoms with Gasteiger partial charge in [-0.15, -0.1) is 0 Å². The molecule has 1 fully saturated rings. The molecule has 1 saturated carbocycles. The molecule has 0 aromatic carbocycles. The first kappa shape index (κ1) is 10.9. The van der Waals surface area contributed by atoms with Gasteiger partial charge in [-0.25, -0.2) is 0 Å². The van der Waals surface area contributed by atoms with E-state index in [1.165, 1.54) is 37.7 Å². The lowest BCUT2D eigenvalue weighted by atomic mass is 9.65. The fraction of sp³-hybridized carbons (Fsp3) is 0.786. The van der Waals surface area contributed by atoms with Gasteiger partial charge in [0.15, 0.2) is 0 Å². The van der Waals surface area contributed by atoms with Crippen LogP contribution in [-0.2, 0) is 4.79 Å². The Hall–Kier alpha value is -0.590. The van der Waals surface area contributed by atoms with Crippen LogP contribution < -0.4 is 0 Å². The Morgan fingerprint density at radius 2 is 2.07 bits per heavy atom. The number of ketones is 1. The second kappa shape index (κ2) is 4.51. The molecule has 0 N–H and O–H groups in total. The van der Waals surface area contributed by atoms with E-state index in [4.69, 9.17) is 0 Å². The molecule has 2 atom stereocenters. The second-order valence-electron chi connectivity index (χ2n) is 5.16. The van der Waals surface area contributed by atoms with Crippen molar-refractivity contribution in [3.8, 4) is 0 Å². The third-order valence-electron chi connectivity index (χ3n) is 4.21. The molecule has 3 aliphatic rings. The predicted molar refractivity (Wildman–Crippen MR) is 62.7 cm³/mol. The highest BCUT2D eigenvalue weighted by atomic mass is 16.1. The molecule has 0 aromatic heterocycles. The third-order valence-corrected chi connectivity index (χ3v) is 4.21. The summed E-state index contributed by atoms with van der Waals surface area (Å²) in [4.78, 5) is 11.7. The van der Waals surface area contributed by atoms with Gasteiger partial charge in [0.2, 0.25) is 0 Å². The maximum Gasteiger partial charge on any atom is 0.140 e. The molecule has 1 heteroatoms. The summed E-state index contributed by atoms with van der Waals surface area (Å²) in [6.45, 7) is 4.45. The Morgan fingerprint density at radius 3 is 2.67 bits per heavy atom. The summed E-state index contributed by atoms with van der Waals surface area (Å²) in [6, 6.07) is 0. The first-order valence-corrected chi connectivity index (χ1v) is 6.46. The minimum atomic E-state index is 0.312. The number of fused-ring (bicyclic) bond motifs is 2. The number of rotatable bonds is 4. The largest absolute Gasteiger partial charge is 0.299 e. The van der Waals surface area contributed by atoms with Gasteiger partial charge < -0.3 is 0 Å². The van der Waals surface area contributed by atoms with Crippen molar-refractivity contribution in [2.24, 2.45) is 11.8 Å². The maximum absolute atomic E-state index is 11.7. The average Bonchev–Trinajstić information content (AvgIpc) is 2.22. The van der Waals surface area contributed by atoms with Gasteiger partial charge in [0, 0.05) is 12.3 Å². The Balaban J connectivity index is 2.06. The predicted octanol–water partition coefficient (Wildman–Crippen LogP) is 3.88. The zero-order valence-electron chi connectivity index (χ0n) is 10.0. The van der Waals surface area contributed by atoms with E-state index in [0.29, 0.717) is 17.6 Å². The molecular formula is C14H22O. The van der Waals surface area contributed by atoms with Crippen molar-refractivity contribution in [1.82, 2.24) is 0 Å². The van der Waals surface area contributed by atoms with E-state index >= 15 is 0 Å². The topological polar surface area (TPSA) is 17.1 Å². The summed E-state index contributed by atoms with van der Waals surface area (Å²) in [5.41, 5.74) is 3.10. The van der Waals surface area contributed by atoms with Crippen molar-refractivity contribution in [2.45, 2.75) is 58.8 Å². The van der Waals surface area contributed by atoms with Crippen molar-refractivity contribution >= 4 is 5.78 Å². The van der Waals surface area contributed by atoms with Crippen LogP contribution in [0.3, 0.4) is 0 Å². The van der Waals surface area contributed by atoms with Crippen molar-refractivity contribution in [3.63, 3.8) is 0 Å². The fourth-order valence-electron chi connectivity index (χ4n) is 3.28. The van der Waals surface area contributed by atoms with Crippen LogP contribution in [0.25, 0.3) is 0 Å². The molecule has 0 aliphatic heterocycles. The first-order valence-electron chi connectivity index (χ1n) is 6.46. The van der Waals surface area contributed by atoms with Gasteiger partial charge in [-0.2, -0.15) is 0 Å². The Morgan fingerprint density at radius 1 is 1.27 bits per heavy atom. The maximum atomic E-state index is 11.7. The van der Waals surface area contributed by atoms with E-state index < -0.39 is 0 Å². The van der Waals surface area contributed by atoms with Crippen molar-refractivity contribution in [3.05, 3.63) is 11.1 Å². The number of hydrogen-bond donors (Lipinski definition) is 0. The summed E-state index contributed by atoms with van der Waals surface area (Å²) >= 11 is 0. The molecule has 3 rings (SSSR count). The monoisotopic (exact) mass is 206 g/mol. The van der Waals surface area contributed by atoms with Gasteiger partial charge in [-0.1, -0.05) is 30.9 Å². The summed E-state index contributed by atoms with van der Waals surface area (Å²) in [5.74, 6) is 1.45. The number of Topliss-reactive ketones (excluding diaryl/α,β-unsaturated/α-hetero) is 1. The molecule has 2 unspecified atom stereocenters. The van der Waals surface area contributed by atoms with Gasteiger partial charge in [-0.05, 0) is 38.5 Å². The Labute approximate surface area is 92.9 Å². The zero-order chi connectivity index (χ0) is 10.8. The van der Waals surface area contributed by atoms with Gasteiger partial charge in [-0.3, -0.25) is 4.79 Å². The molecule has 0 amide bonds. The minimum absolute atomic E-state index is 0.312. The second-order valence-corrected chi connectivity index (χ2v) is 5.16. The highest BCUT2D eigenvalue weighted by Crippen LogP contribution is 2.44. The number of allylic oxidation sites excluding steroid dienone is 2. The van der Waals surface area contributed by atoms with Crippen LogP contribution in [0.15, 0.2) is 11.1 Å². The van der Waals surface area contributed by atoms with Crippen LogP contribution in [0.5, 0.6) is 0 Å². The molecule has 0 heterocycles. The Bertz CT molecular complexity index is 288. The van der Waals surface area contributed by atoms with E-state index in [1.807, 2.05) is 0 Å². The van der Waals surface area contributed by atoms with Crippen LogP contribution in [0.2, 0.25) is 0 Å². The highest BCUT2D eigenvalue weighted by molar-refractivity contribution is 5.86. The fourth-order valence-corrected chi connectivity index (χ4v) is 3.28. The summed E-state index contributed by atoms with van der Waals surface area (Å²) in [5, 5.41) is 0. The van der Waals surface area contributed by atoms with E-state index in [2.05, 4.69) is 13.8 Å². The van der Waals surface area contributed by atoms with Gasteiger partial charge in [0.05, 0.1) is 0 Å². The van der Waals surface area contributed by atoms with Gasteiger partial charge >= 0.3 is 0 Å². The third kappa shape index (κ3) is 2.02. The molecule has 15 heavy (non-hydrogen) atoms. The van der Waals surface area contributed by atoms with Crippen LogP contribution in [-0.4, -0.2) is 5.78 Å². The molecule has 0 radical (unpaired) electrons. The number of carbonyl (C=O) groups is 1. The van der Waals surface area contributed by atoms with Gasteiger partial charge in [0.25, 0.3) is 0 Å². The molecule has 1 nitrogen and oxygen atoms in total. The average molecular weight is 206 g/mol.